The van der Waals surface area contributed by atoms with Crippen molar-refractivity contribution in [3.05, 3.63) is 24.0 Å². The zero-order valence-electron chi connectivity index (χ0n) is 17.2. The number of carbonyl (C=O) groups excluding carboxylic acids is 1. The monoisotopic (exact) mass is 400 g/mol. The molecule has 2 aromatic heterocycles. The van der Waals surface area contributed by atoms with E-state index in [1.165, 1.54) is 19.3 Å². The molecule has 1 unspecified atom stereocenters. The lowest BCUT2D eigenvalue weighted by Crippen LogP contribution is -2.37. The molecule has 1 amide bonds. The number of carbonyl (C=O) groups is 1. The molecule has 4 rings (SSSR count). The van der Waals surface area contributed by atoms with Gasteiger partial charge in [0, 0.05) is 12.1 Å². The molecule has 0 radical (unpaired) electrons. The van der Waals surface area contributed by atoms with Crippen LogP contribution in [0.5, 0.6) is 0 Å². The maximum Gasteiger partial charge on any atom is 0.415 e. The Morgan fingerprint density at radius 1 is 1.17 bits per heavy atom. The van der Waals surface area contributed by atoms with E-state index in [1.807, 2.05) is 6.92 Å². The smallest absolute Gasteiger partial charge is 0.415 e. The number of cyclic esters (lactones) is 1. The van der Waals surface area contributed by atoms with E-state index in [-0.39, 0.29) is 24.1 Å². The van der Waals surface area contributed by atoms with Crippen molar-refractivity contribution in [1.29, 1.82) is 0 Å². The van der Waals surface area contributed by atoms with Gasteiger partial charge in [0.25, 0.3) is 0 Å². The van der Waals surface area contributed by atoms with Gasteiger partial charge in [-0.3, -0.25) is 4.90 Å². The molecular formula is C20H28N6O3. The Morgan fingerprint density at radius 3 is 2.72 bits per heavy atom. The molecule has 3 heterocycles. The Bertz CT molecular complexity index is 848. The third-order valence-electron chi connectivity index (χ3n) is 5.71. The molecule has 29 heavy (non-hydrogen) atoms. The van der Waals surface area contributed by atoms with Gasteiger partial charge in [-0.05, 0) is 31.7 Å². The largest absolute Gasteiger partial charge is 0.447 e. The van der Waals surface area contributed by atoms with Crippen molar-refractivity contribution < 1.29 is 14.1 Å². The van der Waals surface area contributed by atoms with Crippen molar-refractivity contribution in [1.82, 2.24) is 20.1 Å². The van der Waals surface area contributed by atoms with Crippen molar-refractivity contribution in [2.75, 3.05) is 16.8 Å². The van der Waals surface area contributed by atoms with Crippen LogP contribution < -0.4 is 10.2 Å². The minimum Gasteiger partial charge on any atom is -0.447 e. The van der Waals surface area contributed by atoms with Crippen LogP contribution in [0.15, 0.2) is 16.8 Å². The van der Waals surface area contributed by atoms with E-state index in [4.69, 9.17) is 9.26 Å². The van der Waals surface area contributed by atoms with Gasteiger partial charge in [-0.15, -0.1) is 0 Å². The second-order valence-electron chi connectivity index (χ2n) is 8.19. The molecule has 0 aromatic carbocycles. The summed E-state index contributed by atoms with van der Waals surface area (Å²) in [5.41, 5.74) is 0. The highest BCUT2D eigenvalue weighted by atomic mass is 16.6. The standard InChI is InChI=1S/C20H28N6O3/c1-12(2)15-11-28-20(27)26(15)16-9-10-21-19(23-16)22-13(3)18-24-17(25-29-18)14-7-5-4-6-8-14/h9-10,12-15H,4-8,11H2,1-3H3,(H,21,22,23)/t13?,15-/m1/s1. The fourth-order valence-corrected chi connectivity index (χ4v) is 3.95. The third-order valence-corrected chi connectivity index (χ3v) is 5.71. The molecule has 1 saturated carbocycles. The molecule has 9 nitrogen and oxygen atoms in total. The van der Waals surface area contributed by atoms with Gasteiger partial charge in [-0.1, -0.05) is 38.3 Å². The fraction of sp³-hybridized carbons (Fsp3) is 0.650. The molecule has 1 saturated heterocycles. The molecule has 2 aliphatic rings. The van der Waals surface area contributed by atoms with E-state index < -0.39 is 0 Å². The summed E-state index contributed by atoms with van der Waals surface area (Å²) in [6, 6.07) is 1.42. The summed E-state index contributed by atoms with van der Waals surface area (Å²) >= 11 is 0. The number of hydrogen-bond acceptors (Lipinski definition) is 8. The molecule has 2 atom stereocenters. The summed E-state index contributed by atoms with van der Waals surface area (Å²) in [5.74, 6) is 2.87. The SMILES string of the molecule is CC(Nc1nccc(N2C(=O)OC[C@@H]2C(C)C)n1)c1nc(C2CCCCC2)no1. The summed E-state index contributed by atoms with van der Waals surface area (Å²) in [7, 11) is 0. The van der Waals surface area contributed by atoms with E-state index in [9.17, 15) is 4.79 Å². The van der Waals surface area contributed by atoms with Crippen LogP contribution in [-0.4, -0.2) is 38.9 Å². The number of rotatable bonds is 6. The maximum absolute atomic E-state index is 12.2. The number of aromatic nitrogens is 4. The first-order chi connectivity index (χ1) is 14.0. The zero-order chi connectivity index (χ0) is 20.4. The number of ether oxygens (including phenoxy) is 1. The Morgan fingerprint density at radius 2 is 1.97 bits per heavy atom. The van der Waals surface area contributed by atoms with Crippen molar-refractivity contribution in [2.24, 2.45) is 5.92 Å². The minimum atomic E-state index is -0.379. The van der Waals surface area contributed by atoms with Crippen LogP contribution in [0.25, 0.3) is 0 Å². The van der Waals surface area contributed by atoms with Gasteiger partial charge in [0.05, 0.1) is 6.04 Å². The zero-order valence-corrected chi connectivity index (χ0v) is 17.2. The second-order valence-corrected chi connectivity index (χ2v) is 8.19. The van der Waals surface area contributed by atoms with Gasteiger partial charge in [0.2, 0.25) is 11.8 Å². The van der Waals surface area contributed by atoms with Gasteiger partial charge in [-0.25, -0.2) is 9.78 Å². The predicted molar refractivity (Wildman–Crippen MR) is 107 cm³/mol. The molecule has 1 aliphatic heterocycles. The average molecular weight is 400 g/mol. The number of nitrogens with zero attached hydrogens (tertiary/aromatic N) is 5. The second kappa shape index (κ2) is 8.34. The molecule has 1 aliphatic carbocycles. The summed E-state index contributed by atoms with van der Waals surface area (Å²) in [5, 5.41) is 7.39. The Hall–Kier alpha value is -2.71. The molecule has 0 bridgehead atoms. The van der Waals surface area contributed by atoms with Crippen LogP contribution in [0.3, 0.4) is 0 Å². The average Bonchev–Trinajstić information content (AvgIpc) is 3.36. The molecule has 2 aromatic rings. The minimum absolute atomic E-state index is 0.0448. The number of nitrogens with one attached hydrogen (secondary N) is 1. The van der Waals surface area contributed by atoms with Crippen molar-refractivity contribution in [3.63, 3.8) is 0 Å². The highest BCUT2D eigenvalue weighted by Crippen LogP contribution is 2.32. The topological polar surface area (TPSA) is 106 Å². The first-order valence-corrected chi connectivity index (χ1v) is 10.4. The third kappa shape index (κ3) is 4.18. The van der Waals surface area contributed by atoms with Crippen LogP contribution >= 0.6 is 0 Å². The molecule has 0 spiro atoms. The van der Waals surface area contributed by atoms with Crippen LogP contribution in [0.2, 0.25) is 0 Å². The van der Waals surface area contributed by atoms with Crippen molar-refractivity contribution in [3.8, 4) is 0 Å². The summed E-state index contributed by atoms with van der Waals surface area (Å²) < 4.78 is 10.7. The molecule has 1 N–H and O–H groups in total. The van der Waals surface area contributed by atoms with Gasteiger partial charge < -0.3 is 14.6 Å². The lowest BCUT2D eigenvalue weighted by molar-refractivity contribution is 0.177. The highest BCUT2D eigenvalue weighted by molar-refractivity contribution is 5.89. The van der Waals surface area contributed by atoms with Crippen LogP contribution in [0.4, 0.5) is 16.6 Å². The summed E-state index contributed by atoms with van der Waals surface area (Å²) in [4.78, 5) is 27.2. The van der Waals surface area contributed by atoms with Crippen molar-refractivity contribution in [2.45, 2.75) is 70.9 Å². The lowest BCUT2D eigenvalue weighted by atomic mass is 9.89. The Labute approximate surface area is 170 Å². The summed E-state index contributed by atoms with van der Waals surface area (Å²) in [6.07, 6.45) is 7.22. The van der Waals surface area contributed by atoms with Crippen LogP contribution in [-0.2, 0) is 4.74 Å². The van der Waals surface area contributed by atoms with Crippen molar-refractivity contribution >= 4 is 17.9 Å². The highest BCUT2D eigenvalue weighted by Gasteiger charge is 2.37. The quantitative estimate of drug-likeness (QED) is 0.774. The van der Waals surface area contributed by atoms with Gasteiger partial charge >= 0.3 is 6.09 Å². The molecule has 9 heteroatoms. The predicted octanol–water partition coefficient (Wildman–Crippen LogP) is 4.06. The number of hydrogen-bond donors (Lipinski definition) is 1. The summed E-state index contributed by atoms with van der Waals surface area (Å²) in [6.45, 7) is 6.41. The van der Waals surface area contributed by atoms with E-state index in [0.29, 0.717) is 30.2 Å². The van der Waals surface area contributed by atoms with E-state index >= 15 is 0 Å². The molecule has 2 fully saturated rings. The molecule has 156 valence electrons. The van der Waals surface area contributed by atoms with E-state index in [1.54, 1.807) is 17.2 Å². The van der Waals surface area contributed by atoms with Crippen LogP contribution in [0.1, 0.15) is 76.6 Å². The Kier molecular flexibility index (Phi) is 5.64. The normalized spacial score (nSPS) is 21.4. The van der Waals surface area contributed by atoms with Gasteiger partial charge in [-0.2, -0.15) is 9.97 Å². The Balaban J connectivity index is 1.46. The number of amides is 1. The first kappa shape index (κ1) is 19.6. The lowest BCUT2D eigenvalue weighted by Gasteiger charge is -2.23. The fourth-order valence-electron chi connectivity index (χ4n) is 3.95. The first-order valence-electron chi connectivity index (χ1n) is 10.4. The number of anilines is 2. The maximum atomic E-state index is 12.2. The van der Waals surface area contributed by atoms with Crippen LogP contribution in [0, 0.1) is 5.92 Å². The van der Waals surface area contributed by atoms with E-state index in [2.05, 4.69) is 39.3 Å². The van der Waals surface area contributed by atoms with Gasteiger partial charge in [0.1, 0.15) is 18.5 Å². The van der Waals surface area contributed by atoms with E-state index in [0.717, 1.165) is 18.7 Å². The van der Waals surface area contributed by atoms with Gasteiger partial charge in [0.15, 0.2) is 5.82 Å². The molecular weight excluding hydrogens is 372 g/mol.